The van der Waals surface area contributed by atoms with Gasteiger partial charge in [-0.1, -0.05) is 24.3 Å². The van der Waals surface area contributed by atoms with Crippen molar-refractivity contribution in [3.8, 4) is 5.75 Å². The van der Waals surface area contributed by atoms with Crippen molar-refractivity contribution in [2.24, 2.45) is 0 Å². The van der Waals surface area contributed by atoms with Crippen LogP contribution < -0.4 is 10.1 Å². The number of aliphatic carboxylic acids is 1. The van der Waals surface area contributed by atoms with Gasteiger partial charge in [-0.3, -0.25) is 4.90 Å². The van der Waals surface area contributed by atoms with E-state index in [-0.39, 0.29) is 0 Å². The number of methoxy groups -OCH3 is 1. The number of halogens is 6. The van der Waals surface area contributed by atoms with Crippen LogP contribution in [-0.2, 0) is 24.1 Å². The van der Waals surface area contributed by atoms with Crippen molar-refractivity contribution in [1.29, 1.82) is 0 Å². The Bertz CT molecular complexity index is 891. The van der Waals surface area contributed by atoms with E-state index >= 15 is 0 Å². The summed E-state index contributed by atoms with van der Waals surface area (Å²) in [5.41, 5.74) is 1.55. The summed E-state index contributed by atoms with van der Waals surface area (Å²) in [6.07, 6.45) is -7.28. The monoisotopic (exact) mass is 492 g/mol. The van der Waals surface area contributed by atoms with Crippen LogP contribution in [0.1, 0.15) is 29.5 Å². The SMILES string of the molecule is COc1ccc(CN2CCC(NCc3ccc(C(F)(F)F)cc3)CC2)cc1.O=C(O)C(F)(F)F. The Morgan fingerprint density at radius 2 is 1.47 bits per heavy atom. The van der Waals surface area contributed by atoms with Gasteiger partial charge in [-0.2, -0.15) is 26.3 Å². The van der Waals surface area contributed by atoms with Gasteiger partial charge in [0.25, 0.3) is 0 Å². The Morgan fingerprint density at radius 3 is 1.91 bits per heavy atom. The van der Waals surface area contributed by atoms with Gasteiger partial charge in [0, 0.05) is 19.1 Å². The molecule has 0 aromatic heterocycles. The summed E-state index contributed by atoms with van der Waals surface area (Å²) < 4.78 is 74.7. The molecule has 0 saturated carbocycles. The molecule has 1 heterocycles. The number of rotatable bonds is 6. The molecule has 1 aliphatic heterocycles. The van der Waals surface area contributed by atoms with E-state index in [0.29, 0.717) is 12.6 Å². The molecule has 1 fully saturated rings. The van der Waals surface area contributed by atoms with E-state index in [1.165, 1.54) is 5.56 Å². The van der Waals surface area contributed by atoms with E-state index < -0.39 is 23.9 Å². The topological polar surface area (TPSA) is 61.8 Å². The molecule has 0 unspecified atom stereocenters. The first-order chi connectivity index (χ1) is 15.9. The smallest absolute Gasteiger partial charge is 0.490 e. The molecule has 2 N–H and O–H groups in total. The lowest BCUT2D eigenvalue weighted by atomic mass is 10.0. The minimum Gasteiger partial charge on any atom is -0.497 e. The number of ether oxygens (including phenoxy) is 1. The second-order valence-electron chi connectivity index (χ2n) is 7.78. The van der Waals surface area contributed by atoms with Crippen molar-refractivity contribution in [3.63, 3.8) is 0 Å². The molecule has 0 radical (unpaired) electrons. The van der Waals surface area contributed by atoms with E-state index in [9.17, 15) is 26.3 Å². The summed E-state index contributed by atoms with van der Waals surface area (Å²) in [4.78, 5) is 11.3. The van der Waals surface area contributed by atoms with Crippen LogP contribution >= 0.6 is 0 Å². The Hall–Kier alpha value is -2.79. The highest BCUT2D eigenvalue weighted by Crippen LogP contribution is 2.29. The van der Waals surface area contributed by atoms with Crippen LogP contribution in [0.3, 0.4) is 0 Å². The highest BCUT2D eigenvalue weighted by atomic mass is 19.4. The number of hydrogen-bond donors (Lipinski definition) is 2. The summed E-state index contributed by atoms with van der Waals surface area (Å²) in [6, 6.07) is 13.9. The Kier molecular flexibility index (Phi) is 9.75. The van der Waals surface area contributed by atoms with E-state index in [2.05, 4.69) is 22.3 Å². The predicted molar refractivity (Wildman–Crippen MR) is 113 cm³/mol. The fourth-order valence-electron chi connectivity index (χ4n) is 3.36. The number of benzene rings is 2. The second-order valence-corrected chi connectivity index (χ2v) is 7.78. The minimum atomic E-state index is -5.08. The average Bonchev–Trinajstić information content (AvgIpc) is 2.78. The van der Waals surface area contributed by atoms with Crippen molar-refractivity contribution in [2.45, 2.75) is 44.3 Å². The first-order valence-corrected chi connectivity index (χ1v) is 10.4. The van der Waals surface area contributed by atoms with E-state index in [0.717, 1.165) is 55.9 Å². The standard InChI is InChI=1S/C21H25F3N2O.C2HF3O2/c1-27-20-8-4-17(5-9-20)15-26-12-10-19(11-13-26)25-14-16-2-6-18(7-3-16)21(22,23)24;3-2(4,5)1(6)7/h2-9,19,25H,10-15H2,1H3;(H,6,7). The van der Waals surface area contributed by atoms with Crippen LogP contribution in [0.25, 0.3) is 0 Å². The van der Waals surface area contributed by atoms with E-state index in [1.54, 1.807) is 19.2 Å². The number of likely N-dealkylation sites (tertiary alicyclic amines) is 1. The van der Waals surface area contributed by atoms with Crippen LogP contribution in [-0.4, -0.2) is 48.4 Å². The zero-order valence-electron chi connectivity index (χ0n) is 18.4. The van der Waals surface area contributed by atoms with Gasteiger partial charge in [0.1, 0.15) is 5.75 Å². The third-order valence-electron chi connectivity index (χ3n) is 5.27. The van der Waals surface area contributed by atoms with Gasteiger partial charge in [0.2, 0.25) is 0 Å². The van der Waals surface area contributed by atoms with Crippen LogP contribution in [0.5, 0.6) is 5.75 Å². The molecular weight excluding hydrogens is 466 g/mol. The Balaban J connectivity index is 0.000000509. The van der Waals surface area contributed by atoms with Crippen LogP contribution in [0.15, 0.2) is 48.5 Å². The summed E-state index contributed by atoms with van der Waals surface area (Å²) >= 11 is 0. The number of carboxylic acids is 1. The maximum atomic E-state index is 12.6. The molecule has 0 atom stereocenters. The third kappa shape index (κ3) is 9.22. The average molecular weight is 492 g/mol. The zero-order chi connectivity index (χ0) is 25.4. The normalized spacial score (nSPS) is 15.4. The fourth-order valence-corrected chi connectivity index (χ4v) is 3.36. The first kappa shape index (κ1) is 27.5. The van der Waals surface area contributed by atoms with Gasteiger partial charge >= 0.3 is 18.3 Å². The van der Waals surface area contributed by atoms with Crippen LogP contribution in [0.4, 0.5) is 26.3 Å². The lowest BCUT2D eigenvalue weighted by molar-refractivity contribution is -0.192. The quantitative estimate of drug-likeness (QED) is 0.550. The molecule has 188 valence electrons. The number of nitrogens with one attached hydrogen (secondary N) is 1. The Morgan fingerprint density at radius 1 is 0.971 bits per heavy atom. The summed E-state index contributed by atoms with van der Waals surface area (Å²) in [6.45, 7) is 3.55. The third-order valence-corrected chi connectivity index (χ3v) is 5.27. The van der Waals surface area contributed by atoms with Crippen molar-refractivity contribution >= 4 is 5.97 Å². The second kappa shape index (κ2) is 12.1. The van der Waals surface area contributed by atoms with Crippen molar-refractivity contribution in [2.75, 3.05) is 20.2 Å². The van der Waals surface area contributed by atoms with Gasteiger partial charge < -0.3 is 15.2 Å². The number of alkyl halides is 6. The lowest BCUT2D eigenvalue weighted by Crippen LogP contribution is -2.41. The van der Waals surface area contributed by atoms with Crippen molar-refractivity contribution in [3.05, 3.63) is 65.2 Å². The molecule has 0 bridgehead atoms. The molecule has 1 aliphatic rings. The fraction of sp³-hybridized carbons (Fsp3) is 0.435. The molecule has 34 heavy (non-hydrogen) atoms. The first-order valence-electron chi connectivity index (χ1n) is 10.4. The van der Waals surface area contributed by atoms with Crippen LogP contribution in [0, 0.1) is 0 Å². The minimum absolute atomic E-state index is 0.402. The van der Waals surface area contributed by atoms with Crippen molar-refractivity contribution in [1.82, 2.24) is 10.2 Å². The maximum Gasteiger partial charge on any atom is 0.490 e. The number of carbonyl (C=O) groups is 1. The molecule has 2 aromatic carbocycles. The molecule has 0 aliphatic carbocycles. The van der Waals surface area contributed by atoms with E-state index in [1.807, 2.05) is 12.1 Å². The molecule has 1 saturated heterocycles. The summed E-state index contributed by atoms with van der Waals surface area (Å²) in [5.74, 6) is -1.89. The molecule has 2 aromatic rings. The lowest BCUT2D eigenvalue weighted by Gasteiger charge is -2.32. The Labute approximate surface area is 193 Å². The van der Waals surface area contributed by atoms with E-state index in [4.69, 9.17) is 14.6 Å². The van der Waals surface area contributed by atoms with Gasteiger partial charge in [-0.15, -0.1) is 0 Å². The zero-order valence-corrected chi connectivity index (χ0v) is 18.4. The molecular formula is C23H26F6N2O3. The molecule has 3 rings (SSSR count). The van der Waals surface area contributed by atoms with Gasteiger partial charge in [0.05, 0.1) is 12.7 Å². The van der Waals surface area contributed by atoms with Gasteiger partial charge in [0.15, 0.2) is 0 Å². The summed E-state index contributed by atoms with van der Waals surface area (Å²) in [7, 11) is 1.66. The summed E-state index contributed by atoms with van der Waals surface area (Å²) in [5, 5.41) is 10.6. The number of nitrogens with zero attached hydrogens (tertiary/aromatic N) is 1. The van der Waals surface area contributed by atoms with Crippen molar-refractivity contribution < 1.29 is 41.0 Å². The maximum absolute atomic E-state index is 12.6. The highest BCUT2D eigenvalue weighted by molar-refractivity contribution is 5.73. The van der Waals surface area contributed by atoms with Crippen LogP contribution in [0.2, 0.25) is 0 Å². The predicted octanol–water partition coefficient (Wildman–Crippen LogP) is 5.10. The van der Waals surface area contributed by atoms with Gasteiger partial charge in [-0.25, -0.2) is 4.79 Å². The number of piperidine rings is 1. The van der Waals surface area contributed by atoms with Gasteiger partial charge in [-0.05, 0) is 61.3 Å². The highest BCUT2D eigenvalue weighted by Gasteiger charge is 2.38. The molecule has 0 amide bonds. The number of hydrogen-bond acceptors (Lipinski definition) is 4. The number of carboxylic acid groups (broad SMARTS) is 1. The molecule has 5 nitrogen and oxygen atoms in total. The molecule has 11 heteroatoms. The largest absolute Gasteiger partial charge is 0.497 e. The molecule has 0 spiro atoms.